The highest BCUT2D eigenvalue weighted by Gasteiger charge is 1.96. The van der Waals surface area contributed by atoms with Gasteiger partial charge in [-0.15, -0.1) is 0 Å². The van der Waals surface area contributed by atoms with Crippen molar-refractivity contribution in [2.45, 2.75) is 48.5 Å². The second-order valence-electron chi connectivity index (χ2n) is 15.9. The Morgan fingerprint density at radius 1 is 0.386 bits per heavy atom. The molecule has 0 atom stereocenters. The molecule has 0 aliphatic rings. The summed E-state index contributed by atoms with van der Waals surface area (Å²) in [6.45, 7) is 13.8. The van der Waals surface area contributed by atoms with E-state index in [4.69, 9.17) is 50.6 Å². The van der Waals surface area contributed by atoms with Gasteiger partial charge in [-0.05, 0) is 153 Å². The number of nitrogens with two attached hydrogens (primary N) is 8. The van der Waals surface area contributed by atoms with Crippen molar-refractivity contribution in [3.8, 4) is 5.75 Å². The van der Waals surface area contributed by atoms with Crippen LogP contribution in [0, 0.1) is 54.3 Å². The second-order valence-corrected chi connectivity index (χ2v) is 15.9. The van der Waals surface area contributed by atoms with Crippen LogP contribution in [0.3, 0.4) is 0 Å². The number of benzene rings is 8. The van der Waals surface area contributed by atoms with Crippen LogP contribution in [-0.4, -0.2) is 12.1 Å². The van der Waals surface area contributed by atoms with Gasteiger partial charge in [0.25, 0.3) is 0 Å². The van der Waals surface area contributed by atoms with E-state index in [1.165, 1.54) is 23.1 Å². The fourth-order valence-corrected chi connectivity index (χ4v) is 5.65. The molecule has 16 N–H and O–H groups in total. The molecule has 1 aromatic heterocycles. The largest absolute Gasteiger partial charge is 0.495 e. The van der Waals surface area contributed by atoms with E-state index in [9.17, 15) is 4.39 Å². The first-order valence-electron chi connectivity index (χ1n) is 22.4. The lowest BCUT2D eigenvalue weighted by Gasteiger charge is -2.00. The number of pyridine rings is 1. The highest BCUT2D eigenvalue weighted by molar-refractivity contribution is 5.92. The topological polar surface area (TPSA) is 230 Å². The first-order chi connectivity index (χ1) is 33.3. The Bertz CT molecular complexity index is 2750. The van der Waals surface area contributed by atoms with E-state index < -0.39 is 0 Å². The molecule has 0 unspecified atom stereocenters. The zero-order valence-electron chi connectivity index (χ0n) is 41.8. The Morgan fingerprint density at radius 3 is 1.29 bits per heavy atom. The smallest absolute Gasteiger partial charge is 0.141 e. The monoisotopic (exact) mass is 942 g/mol. The van der Waals surface area contributed by atoms with Crippen LogP contribution in [0.1, 0.15) is 38.9 Å². The van der Waals surface area contributed by atoms with Crippen LogP contribution in [-0.2, 0) is 0 Å². The molecule has 0 fully saturated rings. The Hall–Kier alpha value is -8.70. The third-order valence-electron chi connectivity index (χ3n) is 10.2. The molecule has 8 aromatic carbocycles. The maximum Gasteiger partial charge on any atom is 0.141 e. The summed E-state index contributed by atoms with van der Waals surface area (Å²) >= 11 is 0. The number of aromatic nitrogens is 1. The van der Waals surface area contributed by atoms with E-state index in [0.29, 0.717) is 17.2 Å². The molecular formula is C59H72FN9O. The van der Waals surface area contributed by atoms with Gasteiger partial charge >= 0.3 is 0 Å². The minimum Gasteiger partial charge on any atom is -0.495 e. The van der Waals surface area contributed by atoms with E-state index in [-0.39, 0.29) is 5.82 Å². The lowest BCUT2D eigenvalue weighted by molar-refractivity contribution is 0.417. The molecule has 0 radical (unpaired) electrons. The molecule has 0 saturated carbocycles. The number of aryl methyl sites for hydroxylation is 7. The van der Waals surface area contributed by atoms with Crippen molar-refractivity contribution >= 4 is 56.4 Å². The van der Waals surface area contributed by atoms with Crippen molar-refractivity contribution in [3.63, 3.8) is 0 Å². The Labute approximate surface area is 415 Å². The predicted molar refractivity (Wildman–Crippen MR) is 302 cm³/mol. The first-order valence-corrected chi connectivity index (χ1v) is 22.4. The molecule has 0 aliphatic heterocycles. The zero-order chi connectivity index (χ0) is 52.0. The van der Waals surface area contributed by atoms with Gasteiger partial charge in [0, 0.05) is 45.7 Å². The van der Waals surface area contributed by atoms with Crippen molar-refractivity contribution < 1.29 is 9.13 Å². The molecule has 9 rings (SSSR count). The summed E-state index contributed by atoms with van der Waals surface area (Å²) in [6.07, 6.45) is 1.68. The highest BCUT2D eigenvalue weighted by Crippen LogP contribution is 2.20. The van der Waals surface area contributed by atoms with Crippen LogP contribution < -0.4 is 50.6 Å². The number of nitrogen functional groups attached to an aromatic ring is 8. The number of rotatable bonds is 1. The first kappa shape index (κ1) is 57.4. The van der Waals surface area contributed by atoms with E-state index >= 15 is 0 Å². The van der Waals surface area contributed by atoms with Gasteiger partial charge in [0.2, 0.25) is 0 Å². The maximum atomic E-state index is 12.3. The number of hydrogen-bond acceptors (Lipinski definition) is 10. The summed E-state index contributed by atoms with van der Waals surface area (Å²) in [4.78, 5) is 3.86. The van der Waals surface area contributed by atoms with Crippen LogP contribution in [0.4, 0.5) is 50.0 Å². The minimum absolute atomic E-state index is 0.280. The summed E-state index contributed by atoms with van der Waals surface area (Å²) in [5, 5.41) is 2.34. The fraction of sp³-hybridized carbons (Fsp3) is 0.136. The van der Waals surface area contributed by atoms with Gasteiger partial charge < -0.3 is 50.6 Å². The standard InChI is InChI=1S/C10H9N.2C8H11N.C7H8FN.C7H9NO.C7H9N.C6H8N2.C6H7N/c11-10-7-3-5-8-4-1-2-6-9(8)10;1-6-3-4-7(2)8(9)5-6;1-6-4-3-5-7(2)8(6)9;1-5-2-3-6(8)4-7(5)9;1-9-7-5-3-2-4-6(7)8;1-6-4-2-3-5-7(6)8;1-5-3-2-4-8-6(5)7;7-6-4-2-1-3-5-6/h1-7H,11H2;2*3-5H,9H2,1-2H3;2-4H,9H2,1H3;2-5H,8H2,1H3;2-5H,8H2,1H3;2-4H,1H3,(H2,7,8);1-5H,7H2. The summed E-state index contributed by atoms with van der Waals surface area (Å²) in [5.74, 6) is 1.07. The molecule has 366 valence electrons. The van der Waals surface area contributed by atoms with Gasteiger partial charge in [-0.3, -0.25) is 0 Å². The quantitative estimate of drug-likeness (QED) is 0.0726. The fourth-order valence-electron chi connectivity index (χ4n) is 5.65. The Morgan fingerprint density at radius 2 is 0.857 bits per heavy atom. The molecule has 9 aromatic rings. The molecule has 70 heavy (non-hydrogen) atoms. The van der Waals surface area contributed by atoms with Gasteiger partial charge in [0.05, 0.1) is 12.8 Å². The average Bonchev–Trinajstić information content (AvgIpc) is 3.35. The molecular weight excluding hydrogens is 870 g/mol. The molecule has 11 heteroatoms. The molecule has 0 spiro atoms. The van der Waals surface area contributed by atoms with Crippen LogP contribution in [0.15, 0.2) is 194 Å². The van der Waals surface area contributed by atoms with Crippen molar-refractivity contribution in [1.82, 2.24) is 4.98 Å². The minimum atomic E-state index is -0.280. The summed E-state index contributed by atoms with van der Waals surface area (Å²) in [7, 11) is 1.60. The van der Waals surface area contributed by atoms with E-state index in [1.54, 1.807) is 25.4 Å². The van der Waals surface area contributed by atoms with Crippen molar-refractivity contribution in [3.05, 3.63) is 239 Å². The van der Waals surface area contributed by atoms with Crippen molar-refractivity contribution in [2.75, 3.05) is 53.0 Å². The number of ether oxygens (including phenoxy) is 1. The number of anilines is 8. The van der Waals surface area contributed by atoms with E-state index in [1.807, 2.05) is 194 Å². The summed E-state index contributed by atoms with van der Waals surface area (Å²) in [6, 6.07) is 59.0. The third kappa shape index (κ3) is 22.2. The zero-order valence-corrected chi connectivity index (χ0v) is 41.8. The van der Waals surface area contributed by atoms with Crippen LogP contribution in [0.5, 0.6) is 5.75 Å². The lowest BCUT2D eigenvalue weighted by Crippen LogP contribution is -1.91. The number of para-hydroxylation sites is 5. The second kappa shape index (κ2) is 31.3. The van der Waals surface area contributed by atoms with Gasteiger partial charge in [-0.1, -0.05) is 127 Å². The Kier molecular flexibility index (Phi) is 25.7. The molecule has 10 nitrogen and oxygen atoms in total. The predicted octanol–water partition coefficient (Wildman–Crippen LogP) is 13.0. The number of nitrogens with zero attached hydrogens (tertiary/aromatic N) is 1. The molecule has 1 heterocycles. The number of hydrogen-bond donors (Lipinski definition) is 8. The number of fused-ring (bicyclic) bond motifs is 1. The van der Waals surface area contributed by atoms with Crippen LogP contribution >= 0.6 is 0 Å². The third-order valence-corrected chi connectivity index (χ3v) is 10.2. The highest BCUT2D eigenvalue weighted by atomic mass is 19.1. The average molecular weight is 942 g/mol. The molecule has 0 bridgehead atoms. The van der Waals surface area contributed by atoms with Gasteiger partial charge in [0.15, 0.2) is 0 Å². The molecule has 0 amide bonds. The van der Waals surface area contributed by atoms with E-state index in [0.717, 1.165) is 73.0 Å². The molecule has 0 aliphatic carbocycles. The lowest BCUT2D eigenvalue weighted by atomic mass is 10.1. The normalized spacial score (nSPS) is 9.39. The Balaban J connectivity index is 0.000000275. The maximum absolute atomic E-state index is 12.3. The molecule has 0 saturated heterocycles. The van der Waals surface area contributed by atoms with Crippen molar-refractivity contribution in [2.24, 2.45) is 0 Å². The summed E-state index contributed by atoms with van der Waals surface area (Å²) in [5.41, 5.74) is 57.6. The van der Waals surface area contributed by atoms with Crippen LogP contribution in [0.2, 0.25) is 0 Å². The number of methoxy groups -OCH3 is 1. The van der Waals surface area contributed by atoms with Gasteiger partial charge in [-0.2, -0.15) is 0 Å². The van der Waals surface area contributed by atoms with Crippen LogP contribution in [0.25, 0.3) is 10.8 Å². The van der Waals surface area contributed by atoms with Crippen molar-refractivity contribution in [1.29, 1.82) is 0 Å². The SMILES string of the molecule is COc1ccccc1N.Cc1ccc(C)c(N)c1.Cc1ccc(F)cc1N.Cc1cccc(C)c1N.Cc1ccccc1N.Cc1cccnc1N.Nc1cccc2ccccc12.Nc1ccccc1. The number of halogens is 1. The summed E-state index contributed by atoms with van der Waals surface area (Å²) < 4.78 is 17.2. The van der Waals surface area contributed by atoms with Gasteiger partial charge in [0.1, 0.15) is 17.4 Å². The van der Waals surface area contributed by atoms with Gasteiger partial charge in [-0.25, -0.2) is 9.37 Å². The van der Waals surface area contributed by atoms with E-state index in [2.05, 4.69) is 23.2 Å².